The molecule has 0 aromatic carbocycles. The molecule has 0 unspecified atom stereocenters. The van der Waals surface area contributed by atoms with E-state index in [2.05, 4.69) is 15.3 Å². The average molecular weight is 455 g/mol. The van der Waals surface area contributed by atoms with Gasteiger partial charge in [0.15, 0.2) is 11.5 Å². The molecule has 2 heterocycles. The number of rotatable bonds is 4. The molecule has 2 aromatic rings. The molecule has 2 aromatic heterocycles. The molecule has 0 amide bonds. The maximum atomic E-state index is 13.1. The van der Waals surface area contributed by atoms with Gasteiger partial charge in [0.1, 0.15) is 0 Å². The van der Waals surface area contributed by atoms with Crippen LogP contribution in [-0.2, 0) is 18.9 Å². The van der Waals surface area contributed by atoms with Crippen LogP contribution in [0.5, 0.6) is 0 Å². The van der Waals surface area contributed by atoms with E-state index in [0.29, 0.717) is 18.3 Å². The first-order valence-corrected chi connectivity index (χ1v) is 9.52. The highest BCUT2D eigenvalue weighted by molar-refractivity contribution is 6.33. The lowest BCUT2D eigenvalue weighted by molar-refractivity contribution is -0.141. The topological polar surface area (TPSA) is 59.8 Å². The summed E-state index contributed by atoms with van der Waals surface area (Å²) in [5, 5.41) is 1.93. The summed E-state index contributed by atoms with van der Waals surface area (Å²) in [6.07, 6.45) is -4.51. The Balaban J connectivity index is 2.00. The van der Waals surface area contributed by atoms with Crippen molar-refractivity contribution in [3.05, 3.63) is 45.0 Å². The lowest BCUT2D eigenvalue weighted by Crippen LogP contribution is -2.30. The van der Waals surface area contributed by atoms with Crippen LogP contribution in [0.4, 0.5) is 38.1 Å². The van der Waals surface area contributed by atoms with E-state index < -0.39 is 40.1 Å². The van der Waals surface area contributed by atoms with E-state index >= 15 is 0 Å². The summed E-state index contributed by atoms with van der Waals surface area (Å²) in [7, 11) is 0. The third-order valence-corrected chi connectivity index (χ3v) is 5.15. The molecule has 0 bridgehead atoms. The van der Waals surface area contributed by atoms with Crippen molar-refractivity contribution in [2.75, 3.05) is 5.32 Å². The molecule has 0 radical (unpaired) electrons. The minimum atomic E-state index is -4.88. The van der Waals surface area contributed by atoms with Crippen molar-refractivity contribution in [2.45, 2.75) is 51.0 Å². The zero-order valence-corrected chi connectivity index (χ0v) is 16.2. The molecule has 3 rings (SSSR count). The molecule has 30 heavy (non-hydrogen) atoms. The monoisotopic (exact) mass is 454 g/mol. The molecule has 12 heteroatoms. The lowest BCUT2D eigenvalue weighted by atomic mass is 9.89. The highest BCUT2D eigenvalue weighted by Gasteiger charge is 2.35. The van der Waals surface area contributed by atoms with E-state index in [1.165, 1.54) is 0 Å². The van der Waals surface area contributed by atoms with Crippen LogP contribution < -0.4 is 10.9 Å². The molecule has 0 atom stereocenters. The Hall–Kier alpha value is -2.30. The first-order valence-electron chi connectivity index (χ1n) is 9.14. The van der Waals surface area contributed by atoms with Crippen LogP contribution in [0.25, 0.3) is 0 Å². The molecule has 5 nitrogen and oxygen atoms in total. The first-order chi connectivity index (χ1) is 13.9. The van der Waals surface area contributed by atoms with Crippen LogP contribution in [0.15, 0.2) is 23.1 Å². The van der Waals surface area contributed by atoms with Crippen molar-refractivity contribution >= 4 is 23.4 Å². The summed E-state index contributed by atoms with van der Waals surface area (Å²) in [5.74, 6) is -0.741. The van der Waals surface area contributed by atoms with Crippen molar-refractivity contribution in [2.24, 2.45) is 5.92 Å². The van der Waals surface area contributed by atoms with Crippen molar-refractivity contribution < 1.29 is 26.3 Å². The molecule has 164 valence electrons. The lowest BCUT2D eigenvalue weighted by Gasteiger charge is -2.24. The largest absolute Gasteiger partial charge is 0.433 e. The van der Waals surface area contributed by atoms with Crippen LogP contribution in [0.1, 0.15) is 43.4 Å². The molecule has 0 saturated heterocycles. The van der Waals surface area contributed by atoms with Crippen molar-refractivity contribution in [3.63, 3.8) is 0 Å². The number of aromatic nitrogens is 3. The molecule has 1 fully saturated rings. The van der Waals surface area contributed by atoms with Gasteiger partial charge in [-0.3, -0.25) is 9.36 Å². The molecule has 0 spiro atoms. The predicted octanol–water partition coefficient (Wildman–Crippen LogP) is 5.65. The van der Waals surface area contributed by atoms with Gasteiger partial charge in [-0.25, -0.2) is 9.97 Å². The summed E-state index contributed by atoms with van der Waals surface area (Å²) < 4.78 is 78.8. The van der Waals surface area contributed by atoms with Gasteiger partial charge in [0.25, 0.3) is 5.56 Å². The van der Waals surface area contributed by atoms with E-state index in [1.807, 2.05) is 0 Å². The van der Waals surface area contributed by atoms with Crippen LogP contribution in [0, 0.1) is 5.92 Å². The Morgan fingerprint density at radius 1 is 1.07 bits per heavy atom. The number of pyridine rings is 1. The maximum Gasteiger partial charge on any atom is 0.433 e. The fraction of sp³-hybridized carbons (Fsp3) is 0.500. The molecular weight excluding hydrogens is 438 g/mol. The summed E-state index contributed by atoms with van der Waals surface area (Å²) in [5.41, 5.74) is -3.46. The summed E-state index contributed by atoms with van der Waals surface area (Å²) in [6.45, 7) is 0.130. The zero-order chi connectivity index (χ0) is 22.1. The molecule has 0 aliphatic heterocycles. The number of nitrogens with zero attached hydrogens (tertiary/aromatic N) is 3. The number of halogens is 7. The van der Waals surface area contributed by atoms with Gasteiger partial charge >= 0.3 is 12.4 Å². The minimum Gasteiger partial charge on any atom is -0.309 e. The van der Waals surface area contributed by atoms with Crippen molar-refractivity contribution in [1.29, 1.82) is 0 Å². The van der Waals surface area contributed by atoms with Crippen LogP contribution in [0.2, 0.25) is 5.02 Å². The number of anilines is 2. The summed E-state index contributed by atoms with van der Waals surface area (Å²) in [6, 6.07) is 0.990. The van der Waals surface area contributed by atoms with Gasteiger partial charge in [-0.15, -0.1) is 0 Å². The van der Waals surface area contributed by atoms with Crippen molar-refractivity contribution in [3.8, 4) is 0 Å². The Kier molecular flexibility index (Phi) is 6.30. The average Bonchev–Trinajstić information content (AvgIpc) is 2.65. The van der Waals surface area contributed by atoms with E-state index in [1.54, 1.807) is 0 Å². The second-order valence-corrected chi connectivity index (χ2v) is 7.50. The second kappa shape index (κ2) is 8.44. The van der Waals surface area contributed by atoms with E-state index in [-0.39, 0.29) is 18.3 Å². The van der Waals surface area contributed by atoms with Gasteiger partial charge in [0.05, 0.1) is 10.6 Å². The fourth-order valence-corrected chi connectivity index (χ4v) is 3.56. The molecule has 1 saturated carbocycles. The van der Waals surface area contributed by atoms with Gasteiger partial charge in [-0.05, 0) is 24.8 Å². The van der Waals surface area contributed by atoms with Gasteiger partial charge in [-0.1, -0.05) is 30.9 Å². The van der Waals surface area contributed by atoms with Gasteiger partial charge < -0.3 is 5.32 Å². The Morgan fingerprint density at radius 3 is 2.30 bits per heavy atom. The summed E-state index contributed by atoms with van der Waals surface area (Å²) in [4.78, 5) is 19.5. The quantitative estimate of drug-likeness (QED) is 0.606. The number of alkyl halides is 6. The van der Waals surface area contributed by atoms with E-state index in [4.69, 9.17) is 11.6 Å². The van der Waals surface area contributed by atoms with E-state index in [9.17, 15) is 31.1 Å². The van der Waals surface area contributed by atoms with Gasteiger partial charge in [0.2, 0.25) is 5.95 Å². The Morgan fingerprint density at radius 2 is 1.73 bits per heavy atom. The van der Waals surface area contributed by atoms with Crippen LogP contribution in [-0.4, -0.2) is 14.5 Å². The Bertz CT molecular complexity index is 967. The first kappa shape index (κ1) is 22.4. The number of hydrogen-bond acceptors (Lipinski definition) is 4. The van der Waals surface area contributed by atoms with Gasteiger partial charge in [0, 0.05) is 18.8 Å². The molecular formula is C18H17ClF6N4O. The maximum absolute atomic E-state index is 13.1. The highest BCUT2D eigenvalue weighted by Crippen LogP contribution is 2.34. The normalized spacial score (nSPS) is 16.0. The van der Waals surface area contributed by atoms with Gasteiger partial charge in [-0.2, -0.15) is 26.3 Å². The van der Waals surface area contributed by atoms with Crippen molar-refractivity contribution in [1.82, 2.24) is 14.5 Å². The minimum absolute atomic E-state index is 0.0755. The smallest absolute Gasteiger partial charge is 0.309 e. The SMILES string of the molecule is O=c1cc(C(F)(F)F)nc(Nc2ncc(C(F)(F)F)cc2Cl)n1CC1CCCCC1. The number of nitrogens with one attached hydrogen (secondary N) is 1. The highest BCUT2D eigenvalue weighted by atomic mass is 35.5. The predicted molar refractivity (Wildman–Crippen MR) is 97.6 cm³/mol. The Labute approximate surface area is 172 Å². The number of hydrogen-bond donors (Lipinski definition) is 1. The molecule has 1 aliphatic carbocycles. The standard InChI is InChI=1S/C18H17ClF6N4O/c19-12-6-11(17(20,21)22)8-26-15(12)28-16-27-13(18(23,24)25)7-14(30)29(16)9-10-4-2-1-3-5-10/h6-8,10H,1-5,9H2,(H,26,27,28). The van der Waals surface area contributed by atoms with Crippen LogP contribution >= 0.6 is 11.6 Å². The third-order valence-electron chi connectivity index (χ3n) is 4.86. The third kappa shape index (κ3) is 5.24. The van der Waals surface area contributed by atoms with Crippen LogP contribution in [0.3, 0.4) is 0 Å². The summed E-state index contributed by atoms with van der Waals surface area (Å²) >= 11 is 5.84. The fourth-order valence-electron chi connectivity index (χ4n) is 3.34. The second-order valence-electron chi connectivity index (χ2n) is 7.09. The zero-order valence-electron chi connectivity index (χ0n) is 15.4. The molecule has 1 N–H and O–H groups in total. The van der Waals surface area contributed by atoms with E-state index in [0.717, 1.165) is 36.7 Å². The molecule has 1 aliphatic rings.